The zero-order valence-corrected chi connectivity index (χ0v) is 11.1. The molecule has 1 atom stereocenters. The monoisotopic (exact) mass is 244 g/mol. The molecule has 1 aliphatic carbocycles. The number of carbonyl (C=O) groups is 1. The summed E-state index contributed by atoms with van der Waals surface area (Å²) in [5.74, 6) is 0.663. The van der Waals surface area contributed by atoms with Crippen molar-refractivity contribution in [3.63, 3.8) is 0 Å². The number of fused-ring (bicyclic) bond motifs is 1. The summed E-state index contributed by atoms with van der Waals surface area (Å²) in [6.07, 6.45) is 2.17. The highest BCUT2D eigenvalue weighted by atomic mass is 16.2. The van der Waals surface area contributed by atoms with Crippen LogP contribution >= 0.6 is 0 Å². The Labute approximate surface area is 108 Å². The maximum atomic E-state index is 12.3. The van der Waals surface area contributed by atoms with Crippen LogP contribution in [0.25, 0.3) is 0 Å². The number of nitrogens with zero attached hydrogens (tertiary/aromatic N) is 2. The third kappa shape index (κ3) is 1.98. The number of likely N-dealkylation sites (N-methyl/N-ethyl adjacent to an activating group) is 1. The van der Waals surface area contributed by atoms with Gasteiger partial charge in [-0.1, -0.05) is 18.2 Å². The molecule has 18 heavy (non-hydrogen) atoms. The van der Waals surface area contributed by atoms with Crippen LogP contribution in [0, 0.1) is 5.92 Å². The van der Waals surface area contributed by atoms with Crippen molar-refractivity contribution in [2.45, 2.75) is 32.4 Å². The number of para-hydroxylation sites is 1. The predicted molar refractivity (Wildman–Crippen MR) is 72.4 cm³/mol. The lowest BCUT2D eigenvalue weighted by Crippen LogP contribution is -2.42. The highest BCUT2D eigenvalue weighted by molar-refractivity contribution is 5.81. The summed E-state index contributed by atoms with van der Waals surface area (Å²) in [6, 6.07) is 8.70. The number of hydrogen-bond donors (Lipinski definition) is 0. The van der Waals surface area contributed by atoms with Gasteiger partial charge in [-0.3, -0.25) is 4.79 Å². The quantitative estimate of drug-likeness (QED) is 0.756. The second-order valence-corrected chi connectivity index (χ2v) is 5.60. The molecule has 1 unspecified atom stereocenters. The molecule has 1 saturated carbocycles. The molecular formula is C15H20N2O. The number of benzene rings is 1. The summed E-state index contributed by atoms with van der Waals surface area (Å²) in [5, 5.41) is 0. The molecule has 1 heterocycles. The van der Waals surface area contributed by atoms with Crippen LogP contribution in [0.4, 0.5) is 5.69 Å². The normalized spacial score (nSPS) is 23.6. The molecule has 2 aliphatic rings. The third-order valence-corrected chi connectivity index (χ3v) is 4.02. The van der Waals surface area contributed by atoms with Crippen LogP contribution in [-0.4, -0.2) is 30.4 Å². The van der Waals surface area contributed by atoms with Crippen molar-refractivity contribution in [3.05, 3.63) is 29.8 Å². The van der Waals surface area contributed by atoms with Crippen LogP contribution in [0.5, 0.6) is 0 Å². The smallest absolute Gasteiger partial charge is 0.226 e. The first kappa shape index (κ1) is 11.6. The van der Waals surface area contributed by atoms with Gasteiger partial charge in [0.15, 0.2) is 0 Å². The summed E-state index contributed by atoms with van der Waals surface area (Å²) < 4.78 is 0. The van der Waals surface area contributed by atoms with E-state index in [2.05, 4.69) is 48.0 Å². The van der Waals surface area contributed by atoms with Gasteiger partial charge in [0.25, 0.3) is 0 Å². The Morgan fingerprint density at radius 1 is 1.28 bits per heavy atom. The van der Waals surface area contributed by atoms with E-state index in [0.717, 1.165) is 25.9 Å². The van der Waals surface area contributed by atoms with Crippen LogP contribution in [0.15, 0.2) is 24.3 Å². The van der Waals surface area contributed by atoms with E-state index in [1.165, 1.54) is 11.3 Å². The summed E-state index contributed by atoms with van der Waals surface area (Å²) in [6.45, 7) is 3.83. The van der Waals surface area contributed by atoms with Gasteiger partial charge in [0.2, 0.25) is 5.91 Å². The van der Waals surface area contributed by atoms with E-state index in [9.17, 15) is 4.79 Å². The van der Waals surface area contributed by atoms with E-state index in [1.807, 2.05) is 0 Å². The molecule has 1 aromatic carbocycles. The van der Waals surface area contributed by atoms with Gasteiger partial charge in [-0.05, 0) is 31.4 Å². The van der Waals surface area contributed by atoms with Crippen molar-refractivity contribution in [2.24, 2.45) is 5.92 Å². The zero-order chi connectivity index (χ0) is 12.7. The Balaban J connectivity index is 1.91. The van der Waals surface area contributed by atoms with Gasteiger partial charge < -0.3 is 9.80 Å². The number of carbonyl (C=O) groups excluding carboxylic acids is 1. The number of amides is 1. The Kier molecular flexibility index (Phi) is 2.77. The lowest BCUT2D eigenvalue weighted by atomic mass is 10.1. The lowest BCUT2D eigenvalue weighted by Gasteiger charge is -2.28. The molecule has 0 N–H and O–H groups in total. The molecule has 0 spiro atoms. The van der Waals surface area contributed by atoms with E-state index in [4.69, 9.17) is 0 Å². The summed E-state index contributed by atoms with van der Waals surface area (Å²) in [7, 11) is 2.11. The first-order valence-corrected chi connectivity index (χ1v) is 6.76. The van der Waals surface area contributed by atoms with Gasteiger partial charge in [0.1, 0.15) is 0 Å². The van der Waals surface area contributed by atoms with Crippen LogP contribution in [0.3, 0.4) is 0 Å². The van der Waals surface area contributed by atoms with Crippen LogP contribution in [-0.2, 0) is 11.3 Å². The minimum atomic E-state index is 0.287. The average Bonchev–Trinajstić information content (AvgIpc) is 3.18. The summed E-state index contributed by atoms with van der Waals surface area (Å²) in [5.41, 5.74) is 2.52. The SMILES string of the molecule is CC1CN(C)c2ccccc2CN1C(=O)C1CC1. The molecule has 3 rings (SSSR count). The van der Waals surface area contributed by atoms with Crippen molar-refractivity contribution in [3.8, 4) is 0 Å². The minimum Gasteiger partial charge on any atom is -0.372 e. The predicted octanol–water partition coefficient (Wildman–Crippen LogP) is 2.26. The zero-order valence-electron chi connectivity index (χ0n) is 11.1. The van der Waals surface area contributed by atoms with Gasteiger partial charge in [0, 0.05) is 37.8 Å². The molecule has 0 saturated heterocycles. The molecule has 1 aliphatic heterocycles. The highest BCUT2D eigenvalue weighted by Crippen LogP contribution is 2.34. The number of anilines is 1. The van der Waals surface area contributed by atoms with Gasteiger partial charge in [-0.2, -0.15) is 0 Å². The molecule has 1 fully saturated rings. The van der Waals surface area contributed by atoms with Crippen molar-refractivity contribution in [2.75, 3.05) is 18.5 Å². The molecule has 0 aromatic heterocycles. The van der Waals surface area contributed by atoms with Crippen molar-refractivity contribution in [1.82, 2.24) is 4.90 Å². The number of rotatable bonds is 1. The van der Waals surface area contributed by atoms with Gasteiger partial charge >= 0.3 is 0 Å². The standard InChI is InChI=1S/C15H20N2O/c1-11-9-16(2)14-6-4-3-5-13(14)10-17(11)15(18)12-7-8-12/h3-6,11-12H,7-10H2,1-2H3. The van der Waals surface area contributed by atoms with E-state index in [-0.39, 0.29) is 6.04 Å². The minimum absolute atomic E-state index is 0.287. The van der Waals surface area contributed by atoms with Gasteiger partial charge in [-0.15, -0.1) is 0 Å². The summed E-state index contributed by atoms with van der Waals surface area (Å²) in [4.78, 5) is 16.7. The maximum Gasteiger partial charge on any atom is 0.226 e. The molecule has 1 amide bonds. The fourth-order valence-electron chi connectivity index (χ4n) is 2.81. The average molecular weight is 244 g/mol. The Morgan fingerprint density at radius 2 is 2.00 bits per heavy atom. The van der Waals surface area contributed by atoms with Crippen LogP contribution in [0.2, 0.25) is 0 Å². The second kappa shape index (κ2) is 4.30. The van der Waals surface area contributed by atoms with E-state index in [0.29, 0.717) is 11.8 Å². The molecule has 3 heteroatoms. The van der Waals surface area contributed by atoms with Crippen molar-refractivity contribution < 1.29 is 4.79 Å². The largest absolute Gasteiger partial charge is 0.372 e. The molecule has 0 bridgehead atoms. The molecule has 3 nitrogen and oxygen atoms in total. The Morgan fingerprint density at radius 3 is 2.72 bits per heavy atom. The number of hydrogen-bond acceptors (Lipinski definition) is 2. The van der Waals surface area contributed by atoms with E-state index in [1.54, 1.807) is 0 Å². The topological polar surface area (TPSA) is 23.6 Å². The van der Waals surface area contributed by atoms with Crippen LogP contribution < -0.4 is 4.90 Å². The first-order valence-electron chi connectivity index (χ1n) is 6.76. The fraction of sp³-hybridized carbons (Fsp3) is 0.533. The highest BCUT2D eigenvalue weighted by Gasteiger charge is 2.36. The van der Waals surface area contributed by atoms with Gasteiger partial charge in [0.05, 0.1) is 0 Å². The molecule has 96 valence electrons. The first-order chi connectivity index (χ1) is 8.66. The van der Waals surface area contributed by atoms with Crippen LogP contribution in [0.1, 0.15) is 25.3 Å². The third-order valence-electron chi connectivity index (χ3n) is 4.02. The van der Waals surface area contributed by atoms with E-state index < -0.39 is 0 Å². The van der Waals surface area contributed by atoms with Crippen molar-refractivity contribution in [1.29, 1.82) is 0 Å². The van der Waals surface area contributed by atoms with Gasteiger partial charge in [-0.25, -0.2) is 0 Å². The Hall–Kier alpha value is -1.51. The Bertz CT molecular complexity index is 467. The second-order valence-electron chi connectivity index (χ2n) is 5.60. The maximum absolute atomic E-state index is 12.3. The van der Waals surface area contributed by atoms with E-state index >= 15 is 0 Å². The van der Waals surface area contributed by atoms with Crippen molar-refractivity contribution >= 4 is 11.6 Å². The fourth-order valence-corrected chi connectivity index (χ4v) is 2.81. The summed E-state index contributed by atoms with van der Waals surface area (Å²) >= 11 is 0. The molecule has 1 aromatic rings. The molecule has 0 radical (unpaired) electrons. The lowest BCUT2D eigenvalue weighted by molar-refractivity contribution is -0.135. The molecular weight excluding hydrogens is 224 g/mol.